The van der Waals surface area contributed by atoms with Crippen molar-refractivity contribution in [1.29, 1.82) is 0 Å². The van der Waals surface area contributed by atoms with Gasteiger partial charge in [-0.1, -0.05) is 0 Å². The number of aryl methyl sites for hydroxylation is 1. The zero-order chi connectivity index (χ0) is 14.8. The van der Waals surface area contributed by atoms with Crippen LogP contribution >= 0.6 is 0 Å². The third-order valence-electron chi connectivity index (χ3n) is 4.99. The van der Waals surface area contributed by atoms with E-state index in [1.807, 2.05) is 18.9 Å². The summed E-state index contributed by atoms with van der Waals surface area (Å²) < 4.78 is 1.78. The summed E-state index contributed by atoms with van der Waals surface area (Å²) in [7, 11) is 1.89. The van der Waals surface area contributed by atoms with E-state index in [1.165, 1.54) is 32.4 Å². The van der Waals surface area contributed by atoms with Crippen LogP contribution in [-0.2, 0) is 7.05 Å². The number of carbonyl (C=O) groups is 1. The molecule has 2 fully saturated rings. The van der Waals surface area contributed by atoms with Gasteiger partial charge in [-0.05, 0) is 51.6 Å². The second-order valence-electron chi connectivity index (χ2n) is 6.53. The van der Waals surface area contributed by atoms with Crippen LogP contribution in [0.3, 0.4) is 0 Å². The fourth-order valence-electron chi connectivity index (χ4n) is 3.61. The van der Waals surface area contributed by atoms with E-state index < -0.39 is 0 Å². The molecule has 3 rings (SSSR count). The van der Waals surface area contributed by atoms with E-state index in [-0.39, 0.29) is 5.91 Å². The van der Waals surface area contributed by atoms with Crippen LogP contribution in [0.15, 0.2) is 6.20 Å². The maximum atomic E-state index is 12.7. The minimum atomic E-state index is 0.159. The van der Waals surface area contributed by atoms with Crippen LogP contribution in [0, 0.1) is 12.8 Å². The molecule has 0 spiro atoms. The number of hydrogen-bond donors (Lipinski definition) is 0. The van der Waals surface area contributed by atoms with Crippen LogP contribution in [0.25, 0.3) is 0 Å². The second-order valence-corrected chi connectivity index (χ2v) is 6.53. The molecule has 1 aromatic rings. The third-order valence-corrected chi connectivity index (χ3v) is 4.99. The Bertz CT molecular complexity index is 504. The fourth-order valence-corrected chi connectivity index (χ4v) is 3.61. The van der Waals surface area contributed by atoms with Crippen molar-refractivity contribution in [3.63, 3.8) is 0 Å². The van der Waals surface area contributed by atoms with E-state index in [1.54, 1.807) is 10.9 Å². The molecule has 5 heteroatoms. The van der Waals surface area contributed by atoms with Gasteiger partial charge in [-0.3, -0.25) is 9.48 Å². The van der Waals surface area contributed by atoms with Crippen molar-refractivity contribution >= 4 is 5.91 Å². The molecule has 1 aromatic heterocycles. The number of nitrogens with zero attached hydrogens (tertiary/aromatic N) is 4. The first-order valence-corrected chi connectivity index (χ1v) is 8.15. The summed E-state index contributed by atoms with van der Waals surface area (Å²) in [4.78, 5) is 17.3. The third kappa shape index (κ3) is 3.12. The van der Waals surface area contributed by atoms with Crippen LogP contribution in [0.4, 0.5) is 0 Å². The van der Waals surface area contributed by atoms with Gasteiger partial charge in [0, 0.05) is 32.4 Å². The molecule has 5 nitrogen and oxygen atoms in total. The number of rotatable bonds is 3. The van der Waals surface area contributed by atoms with Gasteiger partial charge in [-0.25, -0.2) is 0 Å². The lowest BCUT2D eigenvalue weighted by Gasteiger charge is -2.34. The highest BCUT2D eigenvalue weighted by atomic mass is 16.2. The molecule has 1 atom stereocenters. The molecule has 2 aliphatic heterocycles. The number of hydrogen-bond acceptors (Lipinski definition) is 3. The second kappa shape index (κ2) is 6.18. The molecule has 0 bridgehead atoms. The Morgan fingerprint density at radius 2 is 2.05 bits per heavy atom. The topological polar surface area (TPSA) is 41.4 Å². The summed E-state index contributed by atoms with van der Waals surface area (Å²) in [6.07, 6.45) is 6.77. The van der Waals surface area contributed by atoms with Crippen LogP contribution in [-0.4, -0.2) is 58.2 Å². The summed E-state index contributed by atoms with van der Waals surface area (Å²) >= 11 is 0. The largest absolute Gasteiger partial charge is 0.338 e. The summed E-state index contributed by atoms with van der Waals surface area (Å²) in [5, 5.41) is 4.20. The van der Waals surface area contributed by atoms with Gasteiger partial charge in [-0.2, -0.15) is 5.10 Å². The van der Waals surface area contributed by atoms with Gasteiger partial charge in [0.15, 0.2) is 0 Å². The van der Waals surface area contributed by atoms with Gasteiger partial charge in [-0.15, -0.1) is 0 Å². The number of aromatic nitrogens is 2. The molecule has 0 radical (unpaired) electrons. The molecule has 2 aliphatic rings. The zero-order valence-corrected chi connectivity index (χ0v) is 13.2. The molecule has 21 heavy (non-hydrogen) atoms. The molecule has 0 saturated carbocycles. The van der Waals surface area contributed by atoms with Gasteiger partial charge < -0.3 is 9.80 Å². The van der Waals surface area contributed by atoms with Crippen LogP contribution in [0.5, 0.6) is 0 Å². The predicted octanol–water partition coefficient (Wildman–Crippen LogP) is 1.68. The van der Waals surface area contributed by atoms with E-state index in [2.05, 4.69) is 10.00 Å². The number of carbonyl (C=O) groups excluding carboxylic acids is 1. The van der Waals surface area contributed by atoms with Crippen molar-refractivity contribution < 1.29 is 4.79 Å². The smallest absolute Gasteiger partial charge is 0.257 e. The highest BCUT2D eigenvalue weighted by Gasteiger charge is 2.28. The lowest BCUT2D eigenvalue weighted by molar-refractivity contribution is 0.0647. The Balaban J connectivity index is 1.62. The Labute approximate surface area is 126 Å². The average molecular weight is 290 g/mol. The van der Waals surface area contributed by atoms with Crippen LogP contribution < -0.4 is 0 Å². The molecule has 3 heterocycles. The molecular weight excluding hydrogens is 264 g/mol. The molecule has 116 valence electrons. The summed E-state index contributed by atoms with van der Waals surface area (Å²) in [5.74, 6) is 0.796. The van der Waals surface area contributed by atoms with Crippen molar-refractivity contribution in [1.82, 2.24) is 19.6 Å². The van der Waals surface area contributed by atoms with E-state index in [0.29, 0.717) is 5.92 Å². The molecule has 0 N–H and O–H groups in total. The maximum absolute atomic E-state index is 12.7. The van der Waals surface area contributed by atoms with Crippen LogP contribution in [0.1, 0.15) is 41.7 Å². The first kappa shape index (κ1) is 14.6. The SMILES string of the molecule is Cc1c(C(=O)N2CCC[C@H](CN3CCCC3)C2)cnn1C. The molecule has 1 amide bonds. The Hall–Kier alpha value is -1.36. The summed E-state index contributed by atoms with van der Waals surface area (Å²) in [5.41, 5.74) is 1.72. The first-order chi connectivity index (χ1) is 10.1. The normalized spacial score (nSPS) is 23.7. The molecular formula is C16H26N4O. The zero-order valence-electron chi connectivity index (χ0n) is 13.2. The van der Waals surface area contributed by atoms with Gasteiger partial charge in [0.1, 0.15) is 0 Å². The monoisotopic (exact) mass is 290 g/mol. The quantitative estimate of drug-likeness (QED) is 0.850. The average Bonchev–Trinajstić information content (AvgIpc) is 3.10. The Kier molecular flexibility index (Phi) is 4.29. The number of likely N-dealkylation sites (tertiary alicyclic amines) is 2. The number of piperidine rings is 1. The van der Waals surface area contributed by atoms with E-state index in [4.69, 9.17) is 0 Å². The van der Waals surface area contributed by atoms with Gasteiger partial charge in [0.25, 0.3) is 5.91 Å². The standard InChI is InChI=1S/C16H26N4O/c1-13-15(10-17-18(13)2)16(21)20-9-5-6-14(12-20)11-19-7-3-4-8-19/h10,14H,3-9,11-12H2,1-2H3/t14-/m1/s1. The maximum Gasteiger partial charge on any atom is 0.257 e. The van der Waals surface area contributed by atoms with Crippen molar-refractivity contribution in [2.24, 2.45) is 13.0 Å². The first-order valence-electron chi connectivity index (χ1n) is 8.15. The molecule has 0 unspecified atom stereocenters. The molecule has 0 aliphatic carbocycles. The van der Waals surface area contributed by atoms with Gasteiger partial charge in [0.05, 0.1) is 11.8 Å². The molecule has 2 saturated heterocycles. The van der Waals surface area contributed by atoms with Crippen molar-refractivity contribution in [3.05, 3.63) is 17.5 Å². The Morgan fingerprint density at radius 3 is 2.71 bits per heavy atom. The van der Waals surface area contributed by atoms with Gasteiger partial charge in [0.2, 0.25) is 0 Å². The van der Waals surface area contributed by atoms with Crippen molar-refractivity contribution in [3.8, 4) is 0 Å². The van der Waals surface area contributed by atoms with Crippen molar-refractivity contribution in [2.45, 2.75) is 32.6 Å². The van der Waals surface area contributed by atoms with E-state index in [9.17, 15) is 4.79 Å². The van der Waals surface area contributed by atoms with Crippen molar-refractivity contribution in [2.75, 3.05) is 32.7 Å². The highest BCUT2D eigenvalue weighted by Crippen LogP contribution is 2.22. The Morgan fingerprint density at radius 1 is 1.29 bits per heavy atom. The summed E-state index contributed by atoms with van der Waals surface area (Å²) in [6, 6.07) is 0. The fraction of sp³-hybridized carbons (Fsp3) is 0.750. The minimum Gasteiger partial charge on any atom is -0.338 e. The van der Waals surface area contributed by atoms with Gasteiger partial charge >= 0.3 is 0 Å². The highest BCUT2D eigenvalue weighted by molar-refractivity contribution is 5.95. The summed E-state index contributed by atoms with van der Waals surface area (Å²) in [6.45, 7) is 7.41. The van der Waals surface area contributed by atoms with E-state index in [0.717, 1.165) is 37.3 Å². The predicted molar refractivity (Wildman–Crippen MR) is 82.2 cm³/mol. The van der Waals surface area contributed by atoms with E-state index >= 15 is 0 Å². The lowest BCUT2D eigenvalue weighted by Crippen LogP contribution is -2.43. The number of amides is 1. The lowest BCUT2D eigenvalue weighted by atomic mass is 9.97. The van der Waals surface area contributed by atoms with Crippen LogP contribution in [0.2, 0.25) is 0 Å². The minimum absolute atomic E-state index is 0.159. The molecule has 0 aromatic carbocycles.